The van der Waals surface area contributed by atoms with Crippen LogP contribution >= 0.6 is 39.1 Å². The molecule has 0 aromatic heterocycles. The van der Waals surface area contributed by atoms with Crippen molar-refractivity contribution in [2.24, 2.45) is 5.16 Å². The minimum atomic E-state index is -0.216. The molecule has 0 radical (unpaired) electrons. The minimum Gasteiger partial charge on any atom is -0.411 e. The number of carbonyl (C=O) groups is 1. The van der Waals surface area contributed by atoms with E-state index in [1.54, 1.807) is 23.1 Å². The van der Waals surface area contributed by atoms with Crippen molar-refractivity contribution >= 4 is 56.4 Å². The van der Waals surface area contributed by atoms with E-state index in [1.807, 2.05) is 18.2 Å². The van der Waals surface area contributed by atoms with Crippen molar-refractivity contribution in [3.63, 3.8) is 0 Å². The minimum absolute atomic E-state index is 0.216. The van der Waals surface area contributed by atoms with Gasteiger partial charge in [-0.2, -0.15) is 0 Å². The van der Waals surface area contributed by atoms with Crippen LogP contribution < -0.4 is 4.90 Å². The Kier molecular flexibility index (Phi) is 4.62. The highest BCUT2D eigenvalue weighted by molar-refractivity contribution is 9.10. The summed E-state index contributed by atoms with van der Waals surface area (Å²) in [6, 6.07) is 10.3. The van der Waals surface area contributed by atoms with Crippen molar-refractivity contribution in [1.82, 2.24) is 0 Å². The highest BCUT2D eigenvalue weighted by Crippen LogP contribution is 2.32. The van der Waals surface area contributed by atoms with Gasteiger partial charge in [-0.3, -0.25) is 4.79 Å². The lowest BCUT2D eigenvalue weighted by atomic mass is 9.99. The van der Waals surface area contributed by atoms with Crippen molar-refractivity contribution < 1.29 is 10.0 Å². The third-order valence-corrected chi connectivity index (χ3v) is 4.70. The molecule has 1 amide bonds. The molecule has 1 aliphatic heterocycles. The number of nitrogens with zero attached hydrogens (tertiary/aromatic N) is 2. The highest BCUT2D eigenvalue weighted by atomic mass is 79.9. The van der Waals surface area contributed by atoms with Crippen LogP contribution in [0.4, 0.5) is 5.69 Å². The Morgan fingerprint density at radius 2 is 2.00 bits per heavy atom. The van der Waals surface area contributed by atoms with Crippen molar-refractivity contribution in [3.8, 4) is 0 Å². The number of benzene rings is 2. The molecule has 0 saturated carbocycles. The summed E-state index contributed by atoms with van der Waals surface area (Å²) in [5, 5.41) is 13.3. The molecule has 1 N–H and O–H groups in total. The molecule has 1 aliphatic rings. The summed E-state index contributed by atoms with van der Waals surface area (Å²) >= 11 is 15.4. The van der Waals surface area contributed by atoms with Gasteiger partial charge in [0.25, 0.3) is 5.91 Å². The average molecular weight is 414 g/mol. The molecular formula is C16H11BrCl2N2O2. The summed E-state index contributed by atoms with van der Waals surface area (Å²) in [4.78, 5) is 14.5. The quantitative estimate of drug-likeness (QED) is 0.529. The Hall–Kier alpha value is -1.56. The van der Waals surface area contributed by atoms with Gasteiger partial charge in [-0.05, 0) is 36.4 Å². The van der Waals surface area contributed by atoms with Crippen LogP contribution in [-0.2, 0) is 0 Å². The first kappa shape index (κ1) is 16.3. The molecule has 23 heavy (non-hydrogen) atoms. The lowest BCUT2D eigenvalue weighted by molar-refractivity contribution is 0.0987. The molecule has 0 bridgehead atoms. The fourth-order valence-electron chi connectivity index (χ4n) is 2.57. The molecule has 1 heterocycles. The van der Waals surface area contributed by atoms with Gasteiger partial charge >= 0.3 is 0 Å². The molecule has 0 aliphatic carbocycles. The van der Waals surface area contributed by atoms with E-state index >= 15 is 0 Å². The van der Waals surface area contributed by atoms with Gasteiger partial charge in [-0.1, -0.05) is 44.3 Å². The monoisotopic (exact) mass is 412 g/mol. The van der Waals surface area contributed by atoms with Crippen LogP contribution in [0.15, 0.2) is 46.0 Å². The molecular weight excluding hydrogens is 403 g/mol. The first-order valence-corrected chi connectivity index (χ1v) is 8.34. The van der Waals surface area contributed by atoms with E-state index in [0.29, 0.717) is 45.5 Å². The van der Waals surface area contributed by atoms with Crippen molar-refractivity contribution in [1.29, 1.82) is 0 Å². The zero-order valence-corrected chi connectivity index (χ0v) is 14.9. The molecule has 0 fully saturated rings. The van der Waals surface area contributed by atoms with Gasteiger partial charge in [0.2, 0.25) is 0 Å². The van der Waals surface area contributed by atoms with Crippen molar-refractivity contribution in [3.05, 3.63) is 62.0 Å². The van der Waals surface area contributed by atoms with Gasteiger partial charge in [0.1, 0.15) is 0 Å². The molecule has 3 rings (SSSR count). The lowest BCUT2D eigenvalue weighted by Crippen LogP contribution is -2.37. The van der Waals surface area contributed by atoms with Gasteiger partial charge in [0, 0.05) is 28.0 Å². The van der Waals surface area contributed by atoms with E-state index in [2.05, 4.69) is 21.1 Å². The number of oxime groups is 1. The van der Waals surface area contributed by atoms with Crippen LogP contribution in [0.3, 0.4) is 0 Å². The number of halogens is 3. The van der Waals surface area contributed by atoms with E-state index in [1.165, 1.54) is 0 Å². The molecule has 2 aromatic carbocycles. The molecule has 118 valence electrons. The van der Waals surface area contributed by atoms with Crippen LogP contribution in [0.25, 0.3) is 0 Å². The summed E-state index contributed by atoms with van der Waals surface area (Å²) in [7, 11) is 0. The predicted octanol–water partition coefficient (Wildman–Crippen LogP) is 4.98. The van der Waals surface area contributed by atoms with Crippen molar-refractivity contribution in [2.75, 3.05) is 11.4 Å². The van der Waals surface area contributed by atoms with Crippen molar-refractivity contribution in [2.45, 2.75) is 6.42 Å². The number of fused-ring (bicyclic) bond motifs is 1. The summed E-state index contributed by atoms with van der Waals surface area (Å²) in [5.41, 5.74) is 2.33. The zero-order valence-electron chi connectivity index (χ0n) is 11.8. The number of anilines is 1. The largest absolute Gasteiger partial charge is 0.411 e. The predicted molar refractivity (Wildman–Crippen MR) is 95.2 cm³/mol. The van der Waals surface area contributed by atoms with Crippen LogP contribution in [0.2, 0.25) is 10.0 Å². The number of carbonyl (C=O) groups excluding carboxylic acids is 1. The second-order valence-corrected chi connectivity index (χ2v) is 6.80. The van der Waals surface area contributed by atoms with Crippen LogP contribution in [0, 0.1) is 0 Å². The van der Waals surface area contributed by atoms with Crippen LogP contribution in [-0.4, -0.2) is 23.4 Å². The SMILES string of the molecule is O=C(c1ccc(Cl)cc1Cl)N1CC/C(=N/O)c2cc(Br)ccc21. The summed E-state index contributed by atoms with van der Waals surface area (Å²) in [6.45, 7) is 0.409. The fraction of sp³-hybridized carbons (Fsp3) is 0.125. The summed E-state index contributed by atoms with van der Waals surface area (Å²) in [5.74, 6) is -0.216. The van der Waals surface area contributed by atoms with E-state index < -0.39 is 0 Å². The zero-order chi connectivity index (χ0) is 16.6. The Morgan fingerprint density at radius 3 is 2.70 bits per heavy atom. The Morgan fingerprint density at radius 1 is 1.22 bits per heavy atom. The van der Waals surface area contributed by atoms with Gasteiger partial charge in [-0.15, -0.1) is 0 Å². The number of hydrogen-bond acceptors (Lipinski definition) is 3. The molecule has 2 aromatic rings. The molecule has 0 saturated heterocycles. The average Bonchev–Trinajstić information content (AvgIpc) is 2.53. The van der Waals surface area contributed by atoms with E-state index in [-0.39, 0.29) is 5.91 Å². The highest BCUT2D eigenvalue weighted by Gasteiger charge is 2.28. The van der Waals surface area contributed by atoms with Gasteiger partial charge < -0.3 is 10.1 Å². The van der Waals surface area contributed by atoms with E-state index in [0.717, 1.165) is 4.47 Å². The van der Waals surface area contributed by atoms with Crippen LogP contribution in [0.1, 0.15) is 22.3 Å². The smallest absolute Gasteiger partial charge is 0.259 e. The Balaban J connectivity index is 2.06. The molecule has 0 spiro atoms. The summed E-state index contributed by atoms with van der Waals surface area (Å²) in [6.07, 6.45) is 0.455. The van der Waals surface area contributed by atoms with E-state index in [9.17, 15) is 10.0 Å². The first-order chi connectivity index (χ1) is 11.0. The summed E-state index contributed by atoms with van der Waals surface area (Å²) < 4.78 is 0.844. The maximum Gasteiger partial charge on any atom is 0.259 e. The van der Waals surface area contributed by atoms with Gasteiger partial charge in [0.15, 0.2) is 0 Å². The molecule has 4 nitrogen and oxygen atoms in total. The third kappa shape index (κ3) is 3.09. The lowest BCUT2D eigenvalue weighted by Gasteiger charge is -2.30. The fourth-order valence-corrected chi connectivity index (χ4v) is 3.42. The third-order valence-electron chi connectivity index (χ3n) is 3.66. The topological polar surface area (TPSA) is 52.9 Å². The molecule has 7 heteroatoms. The normalized spacial score (nSPS) is 15.6. The number of hydrogen-bond donors (Lipinski definition) is 1. The maximum atomic E-state index is 12.9. The molecule has 0 atom stereocenters. The molecule has 0 unspecified atom stereocenters. The van der Waals surface area contributed by atoms with Gasteiger partial charge in [0.05, 0.1) is 22.0 Å². The standard InChI is InChI=1S/C16H11BrCl2N2O2/c17-9-1-4-15-12(7-9)14(20-23)5-6-21(15)16(22)11-3-2-10(18)8-13(11)19/h1-4,7-8,23H,5-6H2/b20-14-. The van der Waals surface area contributed by atoms with Gasteiger partial charge in [-0.25, -0.2) is 0 Å². The van der Waals surface area contributed by atoms with Crippen LogP contribution in [0.5, 0.6) is 0 Å². The Bertz CT molecular complexity index is 824. The first-order valence-electron chi connectivity index (χ1n) is 6.79. The second kappa shape index (κ2) is 6.51. The number of amides is 1. The number of rotatable bonds is 1. The maximum absolute atomic E-state index is 12.9. The van der Waals surface area contributed by atoms with E-state index in [4.69, 9.17) is 23.2 Å². The Labute approximate surface area is 151 Å². The second-order valence-electron chi connectivity index (χ2n) is 5.04.